The number of carbonyl (C=O) groups is 3. The second kappa shape index (κ2) is 10.7. The van der Waals surface area contributed by atoms with Gasteiger partial charge >= 0.3 is 0 Å². The van der Waals surface area contributed by atoms with E-state index in [2.05, 4.69) is 10.6 Å². The van der Waals surface area contributed by atoms with Crippen LogP contribution in [0.1, 0.15) is 46.5 Å². The minimum absolute atomic E-state index is 0.00859. The molecule has 3 heterocycles. The van der Waals surface area contributed by atoms with Crippen molar-refractivity contribution in [3.05, 3.63) is 11.6 Å². The number of hydrogen-bond acceptors (Lipinski definition) is 6. The zero-order valence-corrected chi connectivity index (χ0v) is 23.3. The third kappa shape index (κ3) is 6.00. The van der Waals surface area contributed by atoms with Crippen LogP contribution in [0.5, 0.6) is 0 Å². The number of likely N-dealkylation sites (tertiary alicyclic amines) is 1. The maximum absolute atomic E-state index is 13.7. The third-order valence-electron chi connectivity index (χ3n) is 9.31. The van der Waals surface area contributed by atoms with Crippen LogP contribution in [-0.4, -0.2) is 105 Å². The Bertz CT molecular complexity index is 996. The van der Waals surface area contributed by atoms with Crippen LogP contribution in [0.4, 0.5) is 8.78 Å². The van der Waals surface area contributed by atoms with Gasteiger partial charge in [-0.25, -0.2) is 8.78 Å². The Morgan fingerprint density at radius 2 is 1.79 bits per heavy atom. The van der Waals surface area contributed by atoms with E-state index >= 15 is 0 Å². The molecule has 0 aromatic heterocycles. The van der Waals surface area contributed by atoms with E-state index < -0.39 is 18.1 Å². The summed E-state index contributed by atoms with van der Waals surface area (Å²) in [5.74, 6) is -3.38. The predicted octanol–water partition coefficient (Wildman–Crippen LogP) is 1.57. The molecule has 4 fully saturated rings. The standard InChI is InChI=1S/C28H42F2N4O5/c1-18(39-14-19-4-6-28(29,30)7-5-19)22(25(37)33-8-10-38-11-9-33)32-23(35)21-13-31-15-27(21)16-34(17-27)24(36)20-12-26(20,2)3/h12,18-19,21-22,31H,4-11,13-17H2,1-3H3,(H,32,35)/t18-,21+,22+/m1/s1. The molecular formula is C28H42F2N4O5. The van der Waals surface area contributed by atoms with E-state index in [0.717, 1.165) is 5.57 Å². The molecule has 3 amide bonds. The first-order valence-electron chi connectivity index (χ1n) is 14.3. The minimum atomic E-state index is -2.61. The minimum Gasteiger partial charge on any atom is -0.378 e. The first-order valence-corrected chi connectivity index (χ1v) is 14.3. The van der Waals surface area contributed by atoms with Crippen LogP contribution >= 0.6 is 0 Å². The van der Waals surface area contributed by atoms with E-state index in [4.69, 9.17) is 9.47 Å². The number of allylic oxidation sites excluding steroid dienone is 1. The molecule has 0 bridgehead atoms. The van der Waals surface area contributed by atoms with Gasteiger partial charge < -0.3 is 29.9 Å². The van der Waals surface area contributed by atoms with Crippen LogP contribution in [0.3, 0.4) is 0 Å². The lowest BCUT2D eigenvalue weighted by molar-refractivity contribution is -0.150. The van der Waals surface area contributed by atoms with Gasteiger partial charge in [0.15, 0.2) is 0 Å². The first-order chi connectivity index (χ1) is 18.4. The Kier molecular flexibility index (Phi) is 7.80. The second-order valence-corrected chi connectivity index (χ2v) is 12.7. The third-order valence-corrected chi connectivity index (χ3v) is 9.31. The van der Waals surface area contributed by atoms with Crippen LogP contribution in [0.25, 0.3) is 0 Å². The van der Waals surface area contributed by atoms with E-state index in [9.17, 15) is 23.2 Å². The average Bonchev–Trinajstić information content (AvgIpc) is 3.30. The number of nitrogens with zero attached hydrogens (tertiary/aromatic N) is 2. The molecule has 39 heavy (non-hydrogen) atoms. The molecule has 2 aliphatic carbocycles. The van der Waals surface area contributed by atoms with Crippen LogP contribution in [0.15, 0.2) is 11.6 Å². The van der Waals surface area contributed by atoms with Crippen LogP contribution in [0, 0.1) is 22.7 Å². The molecule has 5 aliphatic rings. The maximum Gasteiger partial charge on any atom is 0.250 e. The summed E-state index contributed by atoms with van der Waals surface area (Å²) < 4.78 is 38.6. The summed E-state index contributed by atoms with van der Waals surface area (Å²) in [6, 6.07) is -0.895. The van der Waals surface area contributed by atoms with Gasteiger partial charge in [-0.05, 0) is 25.7 Å². The smallest absolute Gasteiger partial charge is 0.250 e. The number of alkyl halides is 2. The Balaban J connectivity index is 1.21. The number of halogens is 2. The highest BCUT2D eigenvalue weighted by Gasteiger charge is 2.57. The summed E-state index contributed by atoms with van der Waals surface area (Å²) in [4.78, 5) is 43.5. The second-order valence-electron chi connectivity index (χ2n) is 12.7. The van der Waals surface area contributed by atoms with Gasteiger partial charge in [-0.3, -0.25) is 14.4 Å². The Morgan fingerprint density at radius 3 is 2.41 bits per heavy atom. The van der Waals surface area contributed by atoms with E-state index in [-0.39, 0.29) is 59.8 Å². The zero-order valence-electron chi connectivity index (χ0n) is 23.3. The van der Waals surface area contributed by atoms with Gasteiger partial charge in [-0.2, -0.15) is 0 Å². The van der Waals surface area contributed by atoms with Gasteiger partial charge in [0.1, 0.15) is 6.04 Å². The Labute approximate surface area is 229 Å². The molecule has 218 valence electrons. The molecule has 3 aliphatic heterocycles. The summed E-state index contributed by atoms with van der Waals surface area (Å²) in [5.41, 5.74) is 0.323. The van der Waals surface area contributed by atoms with E-state index in [1.807, 2.05) is 24.8 Å². The summed E-state index contributed by atoms with van der Waals surface area (Å²) >= 11 is 0. The van der Waals surface area contributed by atoms with Gasteiger partial charge in [-0.1, -0.05) is 19.9 Å². The van der Waals surface area contributed by atoms with Gasteiger partial charge in [0, 0.05) is 75.1 Å². The monoisotopic (exact) mass is 552 g/mol. The molecular weight excluding hydrogens is 510 g/mol. The van der Waals surface area contributed by atoms with Crippen molar-refractivity contribution in [2.45, 2.75) is 64.5 Å². The molecule has 2 N–H and O–H groups in total. The van der Waals surface area contributed by atoms with Gasteiger partial charge in [-0.15, -0.1) is 0 Å². The highest BCUT2D eigenvalue weighted by atomic mass is 19.3. The zero-order chi connectivity index (χ0) is 28.0. The fraction of sp³-hybridized carbons (Fsp3) is 0.821. The molecule has 9 nitrogen and oxygen atoms in total. The van der Waals surface area contributed by atoms with E-state index in [1.54, 1.807) is 11.8 Å². The quantitative estimate of drug-likeness (QED) is 0.475. The van der Waals surface area contributed by atoms with Crippen LogP contribution in [-0.2, 0) is 23.9 Å². The van der Waals surface area contributed by atoms with Crippen molar-refractivity contribution in [2.24, 2.45) is 22.7 Å². The van der Waals surface area contributed by atoms with E-state index in [1.165, 1.54) is 0 Å². The van der Waals surface area contributed by atoms with Crippen molar-refractivity contribution in [1.82, 2.24) is 20.4 Å². The molecule has 5 rings (SSSR count). The largest absolute Gasteiger partial charge is 0.378 e. The van der Waals surface area contributed by atoms with Crippen molar-refractivity contribution in [1.29, 1.82) is 0 Å². The lowest BCUT2D eigenvalue weighted by Gasteiger charge is -2.50. The predicted molar refractivity (Wildman–Crippen MR) is 139 cm³/mol. The summed E-state index contributed by atoms with van der Waals surface area (Å²) in [6.45, 7) is 9.94. The molecule has 0 aromatic rings. The highest BCUT2D eigenvalue weighted by molar-refractivity contribution is 6.00. The first kappa shape index (κ1) is 28.4. The van der Waals surface area contributed by atoms with Gasteiger partial charge in [0.2, 0.25) is 23.6 Å². The normalized spacial score (nSPS) is 28.8. The van der Waals surface area contributed by atoms with Crippen molar-refractivity contribution in [3.8, 4) is 0 Å². The number of ether oxygens (including phenoxy) is 2. The summed E-state index contributed by atoms with van der Waals surface area (Å²) in [5, 5.41) is 6.32. The van der Waals surface area contributed by atoms with Gasteiger partial charge in [0.25, 0.3) is 0 Å². The van der Waals surface area contributed by atoms with Gasteiger partial charge in [0.05, 0.1) is 25.2 Å². The fourth-order valence-corrected chi connectivity index (χ4v) is 6.46. The topological polar surface area (TPSA) is 100 Å². The molecule has 3 atom stereocenters. The van der Waals surface area contributed by atoms with Crippen molar-refractivity contribution in [2.75, 3.05) is 59.1 Å². The van der Waals surface area contributed by atoms with Crippen molar-refractivity contribution >= 4 is 17.7 Å². The lowest BCUT2D eigenvalue weighted by atomic mass is 9.71. The number of hydrogen-bond donors (Lipinski definition) is 2. The number of carbonyl (C=O) groups excluding carboxylic acids is 3. The number of rotatable bonds is 8. The fourth-order valence-electron chi connectivity index (χ4n) is 6.46. The van der Waals surface area contributed by atoms with E-state index in [0.29, 0.717) is 65.3 Å². The lowest BCUT2D eigenvalue weighted by Crippen LogP contribution is -2.65. The molecule has 1 saturated carbocycles. The molecule has 11 heteroatoms. The van der Waals surface area contributed by atoms with Crippen LogP contribution < -0.4 is 10.6 Å². The molecule has 0 radical (unpaired) electrons. The summed E-state index contributed by atoms with van der Waals surface area (Å²) in [7, 11) is 0. The Morgan fingerprint density at radius 1 is 1.15 bits per heavy atom. The average molecular weight is 553 g/mol. The van der Waals surface area contributed by atoms with Crippen molar-refractivity contribution < 1.29 is 32.6 Å². The number of amides is 3. The molecule has 1 spiro atoms. The molecule has 0 unspecified atom stereocenters. The Hall–Kier alpha value is -2.11. The maximum atomic E-state index is 13.7. The summed E-state index contributed by atoms with van der Waals surface area (Å²) in [6.07, 6.45) is 1.82. The van der Waals surface area contributed by atoms with Crippen LogP contribution in [0.2, 0.25) is 0 Å². The molecule has 3 saturated heterocycles. The SMILES string of the molecule is C[C@@H](OCC1CCC(F)(F)CC1)[C@H](NC(=O)[C@@H]1CNCC12CN(C(=O)C1=CC1(C)C)C2)C(=O)N1CCOCC1. The highest BCUT2D eigenvalue weighted by Crippen LogP contribution is 2.48. The molecule has 0 aromatic carbocycles. The number of morpholine rings is 1. The van der Waals surface area contributed by atoms with Crippen molar-refractivity contribution in [3.63, 3.8) is 0 Å². The number of nitrogens with one attached hydrogen (secondary N) is 2.